The van der Waals surface area contributed by atoms with Crippen molar-refractivity contribution in [1.82, 2.24) is 4.57 Å². The smallest absolute Gasteiger partial charge is 0.337 e. The summed E-state index contributed by atoms with van der Waals surface area (Å²) < 4.78 is 6.56. The Labute approximate surface area is 141 Å². The Hall–Kier alpha value is -3.68. The molecule has 0 amide bonds. The Balaban J connectivity index is 1.81. The molecule has 3 rings (SSSR count). The number of hydrogen-bond donors (Lipinski definition) is 1. The van der Waals surface area contributed by atoms with Gasteiger partial charge in [-0.2, -0.15) is 0 Å². The number of carbonyl (C=O) groups excluding carboxylic acids is 1. The molecule has 25 heavy (non-hydrogen) atoms. The number of carboxylic acid groups (broad SMARTS) is 1. The van der Waals surface area contributed by atoms with Crippen LogP contribution in [0, 0.1) is 10.1 Å². The third kappa shape index (κ3) is 3.18. The molecule has 1 N–H and O–H groups in total. The summed E-state index contributed by atoms with van der Waals surface area (Å²) in [5.41, 5.74) is 0.415. The maximum absolute atomic E-state index is 12.4. The van der Waals surface area contributed by atoms with Crippen LogP contribution in [0.15, 0.2) is 54.7 Å². The van der Waals surface area contributed by atoms with Crippen molar-refractivity contribution in [2.75, 3.05) is 6.61 Å². The first-order valence-electron chi connectivity index (χ1n) is 7.21. The molecule has 0 fully saturated rings. The first-order valence-corrected chi connectivity index (χ1v) is 7.21. The van der Waals surface area contributed by atoms with Gasteiger partial charge in [0.25, 0.3) is 11.6 Å². The largest absolute Gasteiger partial charge is 0.484 e. The molecule has 0 bridgehead atoms. The molecule has 126 valence electrons. The minimum atomic E-state index is -1.13. The van der Waals surface area contributed by atoms with Gasteiger partial charge in [0.05, 0.1) is 16.0 Å². The molecule has 1 heterocycles. The molecule has 0 aliphatic rings. The predicted molar refractivity (Wildman–Crippen MR) is 88.1 cm³/mol. The van der Waals surface area contributed by atoms with Crippen molar-refractivity contribution < 1.29 is 24.4 Å². The van der Waals surface area contributed by atoms with Crippen molar-refractivity contribution in [2.24, 2.45) is 0 Å². The van der Waals surface area contributed by atoms with Gasteiger partial charge in [-0.3, -0.25) is 19.5 Å². The average Bonchev–Trinajstić information content (AvgIpc) is 3.00. The van der Waals surface area contributed by atoms with Crippen LogP contribution in [0.4, 0.5) is 5.69 Å². The van der Waals surface area contributed by atoms with E-state index in [4.69, 9.17) is 4.74 Å². The van der Waals surface area contributed by atoms with E-state index in [9.17, 15) is 24.8 Å². The molecule has 0 radical (unpaired) electrons. The van der Waals surface area contributed by atoms with Gasteiger partial charge in [-0.15, -0.1) is 0 Å². The fraction of sp³-hybridized carbons (Fsp3) is 0.0588. The lowest BCUT2D eigenvalue weighted by atomic mass is 10.2. The van der Waals surface area contributed by atoms with Crippen LogP contribution in [0.1, 0.15) is 15.2 Å². The summed E-state index contributed by atoms with van der Waals surface area (Å²) in [4.78, 5) is 33.8. The van der Waals surface area contributed by atoms with Crippen LogP contribution in [0.3, 0.4) is 0 Å². The van der Waals surface area contributed by atoms with Gasteiger partial charge in [-0.05, 0) is 18.2 Å². The molecule has 0 spiro atoms. The minimum Gasteiger partial charge on any atom is -0.484 e. The molecule has 0 unspecified atom stereocenters. The maximum atomic E-state index is 12.4. The normalized spacial score (nSPS) is 10.6. The van der Waals surface area contributed by atoms with Gasteiger partial charge in [-0.1, -0.05) is 18.2 Å². The SMILES string of the molecule is O=C(O)c1cn(C(=O)COc2ccc([N+](=O)[O-])cc2)c2ccccc12. The molecular weight excluding hydrogens is 328 g/mol. The summed E-state index contributed by atoms with van der Waals surface area (Å²) in [6, 6.07) is 12.0. The van der Waals surface area contributed by atoms with Gasteiger partial charge in [0.15, 0.2) is 6.61 Å². The number of aromatic carboxylic acids is 1. The quantitative estimate of drug-likeness (QED) is 0.564. The zero-order valence-corrected chi connectivity index (χ0v) is 12.8. The standard InChI is InChI=1S/C17H12N2O6/c20-16(10-25-12-7-5-11(6-8-12)19(23)24)18-9-14(17(21)22)13-3-1-2-4-15(13)18/h1-9H,10H2,(H,21,22). The zero-order valence-electron chi connectivity index (χ0n) is 12.8. The molecule has 0 atom stereocenters. The van der Waals surface area contributed by atoms with Crippen LogP contribution >= 0.6 is 0 Å². The first-order chi connectivity index (χ1) is 12.0. The third-order valence-corrected chi connectivity index (χ3v) is 3.62. The fourth-order valence-electron chi connectivity index (χ4n) is 2.44. The number of ether oxygens (including phenoxy) is 1. The molecule has 3 aromatic rings. The zero-order chi connectivity index (χ0) is 18.0. The summed E-state index contributed by atoms with van der Waals surface area (Å²) in [5, 5.41) is 20.3. The number of carboxylic acids is 1. The number of para-hydroxylation sites is 1. The second kappa shape index (κ2) is 6.44. The van der Waals surface area contributed by atoms with Crippen LogP contribution < -0.4 is 4.74 Å². The van der Waals surface area contributed by atoms with Crippen molar-refractivity contribution in [3.05, 3.63) is 70.4 Å². The summed E-state index contributed by atoms with van der Waals surface area (Å²) in [6.07, 6.45) is 1.26. The number of carbonyl (C=O) groups is 2. The highest BCUT2D eigenvalue weighted by molar-refractivity contribution is 6.06. The van der Waals surface area contributed by atoms with Crippen molar-refractivity contribution in [3.63, 3.8) is 0 Å². The van der Waals surface area contributed by atoms with E-state index in [1.54, 1.807) is 24.3 Å². The second-order valence-corrected chi connectivity index (χ2v) is 5.17. The number of hydrogen-bond acceptors (Lipinski definition) is 5. The number of nitro benzene ring substituents is 1. The van der Waals surface area contributed by atoms with Crippen molar-refractivity contribution in [1.29, 1.82) is 0 Å². The highest BCUT2D eigenvalue weighted by atomic mass is 16.6. The Morgan fingerprint density at radius 1 is 1.12 bits per heavy atom. The monoisotopic (exact) mass is 340 g/mol. The fourth-order valence-corrected chi connectivity index (χ4v) is 2.44. The first kappa shape index (κ1) is 16.2. The van der Waals surface area contributed by atoms with E-state index in [0.29, 0.717) is 16.7 Å². The molecular formula is C17H12N2O6. The lowest BCUT2D eigenvalue weighted by Crippen LogP contribution is -2.18. The Kier molecular flexibility index (Phi) is 4.17. The number of rotatable bonds is 5. The predicted octanol–water partition coefficient (Wildman–Crippen LogP) is 2.97. The minimum absolute atomic E-state index is 0.0271. The topological polar surface area (TPSA) is 112 Å². The van der Waals surface area contributed by atoms with Crippen molar-refractivity contribution in [3.8, 4) is 5.75 Å². The van der Waals surface area contributed by atoms with Gasteiger partial charge >= 0.3 is 5.97 Å². The summed E-state index contributed by atoms with van der Waals surface area (Å²) in [7, 11) is 0. The molecule has 0 saturated heterocycles. The van der Waals surface area contributed by atoms with E-state index in [-0.39, 0.29) is 17.9 Å². The molecule has 0 aliphatic heterocycles. The van der Waals surface area contributed by atoms with E-state index in [1.807, 2.05) is 0 Å². The summed E-state index contributed by atoms with van der Waals surface area (Å²) in [6.45, 7) is -0.338. The van der Waals surface area contributed by atoms with Crippen LogP contribution in [0.2, 0.25) is 0 Å². The van der Waals surface area contributed by atoms with E-state index in [0.717, 1.165) is 0 Å². The molecule has 8 nitrogen and oxygen atoms in total. The number of fused-ring (bicyclic) bond motifs is 1. The van der Waals surface area contributed by atoms with Crippen LogP contribution in [-0.4, -0.2) is 33.1 Å². The molecule has 0 saturated carbocycles. The van der Waals surface area contributed by atoms with Gasteiger partial charge in [0.1, 0.15) is 5.75 Å². The van der Waals surface area contributed by atoms with Gasteiger partial charge in [0.2, 0.25) is 0 Å². The number of benzene rings is 2. The van der Waals surface area contributed by atoms with E-state index in [2.05, 4.69) is 0 Å². The van der Waals surface area contributed by atoms with E-state index >= 15 is 0 Å². The number of nitro groups is 1. The van der Waals surface area contributed by atoms with Crippen LogP contribution in [-0.2, 0) is 0 Å². The Bertz CT molecular complexity index is 974. The number of nitrogens with zero attached hydrogens (tertiary/aromatic N) is 2. The number of non-ortho nitro benzene ring substituents is 1. The van der Waals surface area contributed by atoms with Crippen LogP contribution in [0.25, 0.3) is 10.9 Å². The Morgan fingerprint density at radius 2 is 1.80 bits per heavy atom. The lowest BCUT2D eigenvalue weighted by molar-refractivity contribution is -0.384. The van der Waals surface area contributed by atoms with Crippen LogP contribution in [0.5, 0.6) is 5.75 Å². The highest BCUT2D eigenvalue weighted by Gasteiger charge is 2.17. The van der Waals surface area contributed by atoms with E-state index in [1.165, 1.54) is 35.0 Å². The number of aromatic nitrogens is 1. The highest BCUT2D eigenvalue weighted by Crippen LogP contribution is 2.22. The second-order valence-electron chi connectivity index (χ2n) is 5.17. The molecule has 8 heteroatoms. The molecule has 1 aromatic heterocycles. The van der Waals surface area contributed by atoms with Gasteiger partial charge < -0.3 is 9.84 Å². The summed E-state index contributed by atoms with van der Waals surface area (Å²) >= 11 is 0. The van der Waals surface area contributed by atoms with Gasteiger partial charge in [0, 0.05) is 23.7 Å². The lowest BCUT2D eigenvalue weighted by Gasteiger charge is -2.07. The summed E-state index contributed by atoms with van der Waals surface area (Å²) in [5.74, 6) is -1.28. The molecule has 2 aromatic carbocycles. The van der Waals surface area contributed by atoms with E-state index < -0.39 is 16.8 Å². The maximum Gasteiger partial charge on any atom is 0.337 e. The van der Waals surface area contributed by atoms with Crippen molar-refractivity contribution in [2.45, 2.75) is 0 Å². The van der Waals surface area contributed by atoms with Gasteiger partial charge in [-0.25, -0.2) is 4.79 Å². The Morgan fingerprint density at radius 3 is 2.44 bits per heavy atom. The average molecular weight is 340 g/mol. The van der Waals surface area contributed by atoms with Crippen molar-refractivity contribution >= 4 is 28.5 Å². The molecule has 0 aliphatic carbocycles. The third-order valence-electron chi connectivity index (χ3n) is 3.62.